The molecule has 0 spiro atoms. The molecule has 0 unspecified atom stereocenters. The number of hydrogen-bond acceptors (Lipinski definition) is 3. The van der Waals surface area contributed by atoms with E-state index in [1.165, 1.54) is 0 Å². The van der Waals surface area contributed by atoms with Crippen LogP contribution >= 0.6 is 0 Å². The van der Waals surface area contributed by atoms with E-state index in [1.54, 1.807) is 0 Å². The maximum absolute atomic E-state index is 12.2. The second-order valence-corrected chi connectivity index (χ2v) is 6.50. The molecular weight excluding hydrogens is 326 g/mol. The summed E-state index contributed by atoms with van der Waals surface area (Å²) in [4.78, 5) is 28.5. The summed E-state index contributed by atoms with van der Waals surface area (Å²) >= 11 is 0. The van der Waals surface area contributed by atoms with Crippen molar-refractivity contribution in [1.82, 2.24) is 4.90 Å². The summed E-state index contributed by atoms with van der Waals surface area (Å²) in [5, 5.41) is 2.92. The lowest BCUT2D eigenvalue weighted by atomic mass is 10.2. The normalized spacial score (nSPS) is 10.5. The molecule has 0 atom stereocenters. The Morgan fingerprint density at radius 1 is 0.885 bits per heavy atom. The third-order valence-electron chi connectivity index (χ3n) is 4.41. The first kappa shape index (κ1) is 22.0. The lowest BCUT2D eigenvalue weighted by Gasteiger charge is -2.21. The summed E-state index contributed by atoms with van der Waals surface area (Å²) in [7, 11) is 0. The number of carbonyl (C=O) groups is 2. The third-order valence-corrected chi connectivity index (χ3v) is 4.41. The minimum absolute atomic E-state index is 0.0362. The predicted molar refractivity (Wildman–Crippen MR) is 110 cm³/mol. The van der Waals surface area contributed by atoms with Gasteiger partial charge in [-0.15, -0.1) is 0 Å². The van der Waals surface area contributed by atoms with Crippen LogP contribution in [0.15, 0.2) is 24.3 Å². The summed E-state index contributed by atoms with van der Waals surface area (Å²) in [5.41, 5.74) is 1.96. The fourth-order valence-corrected chi connectivity index (χ4v) is 3.03. The highest BCUT2D eigenvalue weighted by Gasteiger charge is 2.12. The SMILES string of the molecule is CCCN(CCC)C(=O)CCCC(=O)Nc1ccc(N(CC)CC)cc1. The topological polar surface area (TPSA) is 52.7 Å². The number of carbonyl (C=O) groups excluding carboxylic acids is 2. The maximum Gasteiger partial charge on any atom is 0.224 e. The second-order valence-electron chi connectivity index (χ2n) is 6.50. The lowest BCUT2D eigenvalue weighted by Crippen LogP contribution is -2.32. The molecule has 0 saturated heterocycles. The summed E-state index contributed by atoms with van der Waals surface area (Å²) in [6, 6.07) is 7.92. The molecule has 1 aromatic carbocycles. The number of anilines is 2. The van der Waals surface area contributed by atoms with Gasteiger partial charge in [-0.25, -0.2) is 0 Å². The molecule has 1 N–H and O–H groups in total. The van der Waals surface area contributed by atoms with Crippen molar-refractivity contribution in [2.45, 2.75) is 59.8 Å². The quantitative estimate of drug-likeness (QED) is 0.604. The number of benzene rings is 1. The van der Waals surface area contributed by atoms with Gasteiger partial charge in [0.1, 0.15) is 0 Å². The summed E-state index contributed by atoms with van der Waals surface area (Å²) in [6.45, 7) is 11.9. The van der Waals surface area contributed by atoms with Crippen molar-refractivity contribution in [1.29, 1.82) is 0 Å². The molecule has 26 heavy (non-hydrogen) atoms. The Bertz CT molecular complexity index is 533. The molecule has 5 heteroatoms. The zero-order valence-electron chi connectivity index (χ0n) is 16.9. The monoisotopic (exact) mass is 361 g/mol. The van der Waals surface area contributed by atoms with E-state index in [-0.39, 0.29) is 11.8 Å². The Balaban J connectivity index is 2.41. The zero-order chi connectivity index (χ0) is 19.4. The predicted octanol–water partition coefficient (Wildman–Crippen LogP) is 4.29. The van der Waals surface area contributed by atoms with Crippen molar-refractivity contribution in [2.24, 2.45) is 0 Å². The van der Waals surface area contributed by atoms with Gasteiger partial charge in [-0.05, 0) is 57.4 Å². The molecule has 0 fully saturated rings. The van der Waals surface area contributed by atoms with Crippen LogP contribution in [-0.4, -0.2) is 42.9 Å². The van der Waals surface area contributed by atoms with Crippen molar-refractivity contribution < 1.29 is 9.59 Å². The Hall–Kier alpha value is -2.04. The van der Waals surface area contributed by atoms with Crippen molar-refractivity contribution in [3.8, 4) is 0 Å². The highest BCUT2D eigenvalue weighted by Crippen LogP contribution is 2.18. The van der Waals surface area contributed by atoms with Crippen LogP contribution < -0.4 is 10.2 Å². The van der Waals surface area contributed by atoms with Crippen LogP contribution in [0.1, 0.15) is 59.8 Å². The zero-order valence-corrected chi connectivity index (χ0v) is 16.9. The van der Waals surface area contributed by atoms with E-state index in [9.17, 15) is 9.59 Å². The number of nitrogens with zero attached hydrogens (tertiary/aromatic N) is 2. The molecule has 0 bridgehead atoms. The van der Waals surface area contributed by atoms with Crippen LogP contribution in [0.2, 0.25) is 0 Å². The minimum atomic E-state index is -0.0362. The highest BCUT2D eigenvalue weighted by atomic mass is 16.2. The van der Waals surface area contributed by atoms with Gasteiger partial charge in [0.2, 0.25) is 11.8 Å². The highest BCUT2D eigenvalue weighted by molar-refractivity contribution is 5.91. The first-order valence-electron chi connectivity index (χ1n) is 9.98. The average molecular weight is 362 g/mol. The first-order valence-corrected chi connectivity index (χ1v) is 9.98. The van der Waals surface area contributed by atoms with Gasteiger partial charge >= 0.3 is 0 Å². The van der Waals surface area contributed by atoms with E-state index in [2.05, 4.69) is 37.9 Å². The molecule has 0 aromatic heterocycles. The van der Waals surface area contributed by atoms with Gasteiger partial charge in [0.15, 0.2) is 0 Å². The van der Waals surface area contributed by atoms with Crippen LogP contribution in [-0.2, 0) is 9.59 Å². The van der Waals surface area contributed by atoms with E-state index in [0.717, 1.165) is 50.4 Å². The van der Waals surface area contributed by atoms with Crippen LogP contribution in [0.4, 0.5) is 11.4 Å². The van der Waals surface area contributed by atoms with Gasteiger partial charge in [-0.3, -0.25) is 9.59 Å². The van der Waals surface area contributed by atoms with E-state index < -0.39 is 0 Å². The van der Waals surface area contributed by atoms with Gasteiger partial charge in [-0.1, -0.05) is 13.8 Å². The molecule has 0 radical (unpaired) electrons. The lowest BCUT2D eigenvalue weighted by molar-refractivity contribution is -0.131. The summed E-state index contributed by atoms with van der Waals surface area (Å²) < 4.78 is 0. The summed E-state index contributed by atoms with van der Waals surface area (Å²) in [5.74, 6) is 0.121. The maximum atomic E-state index is 12.2. The van der Waals surface area contributed by atoms with E-state index in [0.29, 0.717) is 19.3 Å². The Morgan fingerprint density at radius 2 is 1.46 bits per heavy atom. The molecule has 0 saturated carbocycles. The molecule has 146 valence electrons. The van der Waals surface area contributed by atoms with Crippen molar-refractivity contribution in [2.75, 3.05) is 36.4 Å². The Morgan fingerprint density at radius 3 is 1.96 bits per heavy atom. The number of rotatable bonds is 12. The van der Waals surface area contributed by atoms with Crippen molar-refractivity contribution in [3.05, 3.63) is 24.3 Å². The summed E-state index contributed by atoms with van der Waals surface area (Å²) in [6.07, 6.45) is 3.33. The molecule has 0 aliphatic carbocycles. The molecule has 0 aliphatic rings. The van der Waals surface area contributed by atoms with E-state index in [4.69, 9.17) is 0 Å². The fraction of sp³-hybridized carbons (Fsp3) is 0.619. The van der Waals surface area contributed by atoms with E-state index in [1.807, 2.05) is 29.2 Å². The van der Waals surface area contributed by atoms with Gasteiger partial charge in [0.05, 0.1) is 0 Å². The standard InChI is InChI=1S/C21H35N3O2/c1-5-16-24(17-6-2)21(26)11-9-10-20(25)22-18-12-14-19(15-13-18)23(7-3)8-4/h12-15H,5-11,16-17H2,1-4H3,(H,22,25). The van der Waals surface area contributed by atoms with Crippen molar-refractivity contribution >= 4 is 23.2 Å². The molecule has 2 amide bonds. The Kier molecular flexibility index (Phi) is 10.4. The molecular formula is C21H35N3O2. The molecule has 5 nitrogen and oxygen atoms in total. The average Bonchev–Trinajstić information content (AvgIpc) is 2.64. The van der Waals surface area contributed by atoms with Crippen LogP contribution in [0.3, 0.4) is 0 Å². The molecule has 0 heterocycles. The first-order chi connectivity index (χ1) is 12.5. The smallest absolute Gasteiger partial charge is 0.224 e. The molecule has 0 aliphatic heterocycles. The largest absolute Gasteiger partial charge is 0.372 e. The Labute approximate surface area is 158 Å². The van der Waals surface area contributed by atoms with Gasteiger partial charge in [0.25, 0.3) is 0 Å². The van der Waals surface area contributed by atoms with Gasteiger partial charge in [0, 0.05) is 50.4 Å². The van der Waals surface area contributed by atoms with Crippen LogP contribution in [0.25, 0.3) is 0 Å². The minimum Gasteiger partial charge on any atom is -0.372 e. The van der Waals surface area contributed by atoms with Crippen LogP contribution in [0, 0.1) is 0 Å². The van der Waals surface area contributed by atoms with Gasteiger partial charge in [-0.2, -0.15) is 0 Å². The third kappa shape index (κ3) is 7.46. The second kappa shape index (κ2) is 12.3. The van der Waals surface area contributed by atoms with Crippen LogP contribution in [0.5, 0.6) is 0 Å². The van der Waals surface area contributed by atoms with Gasteiger partial charge < -0.3 is 15.1 Å². The number of amides is 2. The van der Waals surface area contributed by atoms with Crippen molar-refractivity contribution in [3.63, 3.8) is 0 Å². The number of hydrogen-bond donors (Lipinski definition) is 1. The van der Waals surface area contributed by atoms with E-state index >= 15 is 0 Å². The molecule has 1 rings (SSSR count). The molecule has 1 aromatic rings. The fourth-order valence-electron chi connectivity index (χ4n) is 3.03. The number of nitrogens with one attached hydrogen (secondary N) is 1.